The van der Waals surface area contributed by atoms with E-state index in [1.54, 1.807) is 42.7 Å². The lowest BCUT2D eigenvalue weighted by Crippen LogP contribution is -2.19. The third-order valence-corrected chi connectivity index (χ3v) is 2.19. The second-order valence-electron chi connectivity index (χ2n) is 3.41. The second-order valence-corrected chi connectivity index (χ2v) is 3.41. The maximum Gasteiger partial charge on any atom is 0.246 e. The molecule has 2 aromatic rings. The molecule has 0 saturated carbocycles. The van der Waals surface area contributed by atoms with Gasteiger partial charge in [0, 0.05) is 12.4 Å². The third kappa shape index (κ3) is 2.69. The number of aromatic nitrogens is 2. The molecule has 5 heteroatoms. The van der Waals surface area contributed by atoms with E-state index in [1.807, 2.05) is 6.07 Å². The normalized spacial score (nSPS) is 9.59. The molecule has 1 aromatic heterocycles. The van der Waals surface area contributed by atoms with Crippen LogP contribution in [0.5, 0.6) is 0 Å². The van der Waals surface area contributed by atoms with Gasteiger partial charge in [-0.3, -0.25) is 9.48 Å². The van der Waals surface area contributed by atoms with E-state index in [-0.39, 0.29) is 12.5 Å². The van der Waals surface area contributed by atoms with E-state index in [4.69, 9.17) is 5.26 Å². The van der Waals surface area contributed by atoms with Crippen molar-refractivity contribution < 1.29 is 4.79 Å². The van der Waals surface area contributed by atoms with Crippen molar-refractivity contribution in [2.45, 2.75) is 6.54 Å². The Bertz CT molecular complexity index is 554. The Labute approximate surface area is 98.3 Å². The largest absolute Gasteiger partial charge is 0.323 e. The Morgan fingerprint density at radius 2 is 2.24 bits per heavy atom. The van der Waals surface area contributed by atoms with E-state index in [1.165, 1.54) is 4.68 Å². The smallest absolute Gasteiger partial charge is 0.246 e. The molecule has 0 radical (unpaired) electrons. The molecule has 1 heterocycles. The van der Waals surface area contributed by atoms with Gasteiger partial charge in [0.1, 0.15) is 12.6 Å². The Morgan fingerprint density at radius 3 is 2.94 bits per heavy atom. The number of nitriles is 1. The molecule has 0 atom stereocenters. The SMILES string of the molecule is N#Cc1ccccc1NC(=O)Cn1cccn1. The maximum absolute atomic E-state index is 11.7. The second kappa shape index (κ2) is 4.94. The number of amides is 1. The predicted octanol–water partition coefficient (Wildman–Crippen LogP) is 1.39. The highest BCUT2D eigenvalue weighted by molar-refractivity contribution is 5.91. The molecule has 1 N–H and O–H groups in total. The number of nitrogens with one attached hydrogen (secondary N) is 1. The number of hydrogen-bond acceptors (Lipinski definition) is 3. The summed E-state index contributed by atoms with van der Waals surface area (Å²) in [5.41, 5.74) is 0.966. The first-order valence-corrected chi connectivity index (χ1v) is 5.06. The predicted molar refractivity (Wildman–Crippen MR) is 62.0 cm³/mol. The van der Waals surface area contributed by atoms with Gasteiger partial charge in [-0.2, -0.15) is 10.4 Å². The third-order valence-electron chi connectivity index (χ3n) is 2.19. The van der Waals surface area contributed by atoms with E-state index >= 15 is 0 Å². The molecule has 1 amide bonds. The van der Waals surface area contributed by atoms with Gasteiger partial charge in [0.2, 0.25) is 5.91 Å². The van der Waals surface area contributed by atoms with E-state index in [2.05, 4.69) is 10.4 Å². The standard InChI is InChI=1S/C12H10N4O/c13-8-10-4-1-2-5-11(10)15-12(17)9-16-7-3-6-14-16/h1-7H,9H2,(H,15,17). The van der Waals surface area contributed by atoms with Crippen LogP contribution in [0, 0.1) is 11.3 Å². The maximum atomic E-state index is 11.7. The van der Waals surface area contributed by atoms with Gasteiger partial charge < -0.3 is 5.32 Å². The van der Waals surface area contributed by atoms with Crippen molar-refractivity contribution in [2.75, 3.05) is 5.32 Å². The van der Waals surface area contributed by atoms with E-state index < -0.39 is 0 Å². The summed E-state index contributed by atoms with van der Waals surface area (Å²) < 4.78 is 1.52. The first kappa shape index (κ1) is 10.9. The van der Waals surface area contributed by atoms with Crippen molar-refractivity contribution in [1.29, 1.82) is 5.26 Å². The number of rotatable bonds is 3. The van der Waals surface area contributed by atoms with Crippen molar-refractivity contribution in [3.8, 4) is 6.07 Å². The zero-order valence-corrected chi connectivity index (χ0v) is 9.00. The van der Waals surface area contributed by atoms with Crippen molar-refractivity contribution in [3.05, 3.63) is 48.3 Å². The van der Waals surface area contributed by atoms with Crippen LogP contribution in [-0.4, -0.2) is 15.7 Å². The molecule has 0 spiro atoms. The molecule has 84 valence electrons. The van der Waals surface area contributed by atoms with Gasteiger partial charge in [-0.05, 0) is 18.2 Å². The van der Waals surface area contributed by atoms with E-state index in [0.29, 0.717) is 11.3 Å². The summed E-state index contributed by atoms with van der Waals surface area (Å²) in [6.07, 6.45) is 3.31. The van der Waals surface area contributed by atoms with Crippen LogP contribution in [0.3, 0.4) is 0 Å². The first-order chi connectivity index (χ1) is 8.29. The lowest BCUT2D eigenvalue weighted by Gasteiger charge is -2.06. The Balaban J connectivity index is 2.06. The van der Waals surface area contributed by atoms with Crippen LogP contribution < -0.4 is 5.32 Å². The summed E-state index contributed by atoms with van der Waals surface area (Å²) >= 11 is 0. The fourth-order valence-electron chi connectivity index (χ4n) is 1.42. The fraction of sp³-hybridized carbons (Fsp3) is 0.0833. The van der Waals surface area contributed by atoms with E-state index in [0.717, 1.165) is 0 Å². The van der Waals surface area contributed by atoms with E-state index in [9.17, 15) is 4.79 Å². The molecule has 2 rings (SSSR count). The quantitative estimate of drug-likeness (QED) is 0.859. The molecule has 0 aliphatic rings. The topological polar surface area (TPSA) is 70.7 Å². The summed E-state index contributed by atoms with van der Waals surface area (Å²) in [7, 11) is 0. The number of carbonyl (C=O) groups excluding carboxylic acids is 1. The highest BCUT2D eigenvalue weighted by Crippen LogP contribution is 2.13. The first-order valence-electron chi connectivity index (χ1n) is 5.06. The molecule has 5 nitrogen and oxygen atoms in total. The van der Waals surface area contributed by atoms with Crippen LogP contribution in [0.1, 0.15) is 5.56 Å². The minimum absolute atomic E-state index is 0.132. The lowest BCUT2D eigenvalue weighted by molar-refractivity contribution is -0.116. The van der Waals surface area contributed by atoms with Gasteiger partial charge in [0.25, 0.3) is 0 Å². The highest BCUT2D eigenvalue weighted by atomic mass is 16.2. The molecule has 0 unspecified atom stereocenters. The van der Waals surface area contributed by atoms with Gasteiger partial charge in [-0.15, -0.1) is 0 Å². The molecule has 0 saturated heterocycles. The van der Waals surface area contributed by atoms with Gasteiger partial charge >= 0.3 is 0 Å². The average Bonchev–Trinajstić information content (AvgIpc) is 2.82. The van der Waals surface area contributed by atoms with Crippen LogP contribution in [0.2, 0.25) is 0 Å². The fourth-order valence-corrected chi connectivity index (χ4v) is 1.42. The van der Waals surface area contributed by atoms with Gasteiger partial charge in [-0.25, -0.2) is 0 Å². The summed E-state index contributed by atoms with van der Waals surface area (Å²) in [6.45, 7) is 0.132. The molecule has 0 bridgehead atoms. The number of benzene rings is 1. The van der Waals surface area contributed by atoms with Crippen LogP contribution in [-0.2, 0) is 11.3 Å². The molecule has 1 aromatic carbocycles. The Kier molecular flexibility index (Phi) is 3.17. The van der Waals surface area contributed by atoms with Gasteiger partial charge in [0.15, 0.2) is 0 Å². The van der Waals surface area contributed by atoms with Crippen LogP contribution in [0.25, 0.3) is 0 Å². The zero-order chi connectivity index (χ0) is 12.1. The average molecular weight is 226 g/mol. The number of nitrogens with zero attached hydrogens (tertiary/aromatic N) is 3. The molecule has 0 aliphatic heterocycles. The molecule has 0 fully saturated rings. The Hall–Kier alpha value is -2.61. The number of para-hydroxylation sites is 1. The summed E-state index contributed by atoms with van der Waals surface area (Å²) in [5.74, 6) is -0.212. The highest BCUT2D eigenvalue weighted by Gasteiger charge is 2.06. The van der Waals surface area contributed by atoms with Gasteiger partial charge in [-0.1, -0.05) is 12.1 Å². The van der Waals surface area contributed by atoms with Crippen LogP contribution >= 0.6 is 0 Å². The van der Waals surface area contributed by atoms with Gasteiger partial charge in [0.05, 0.1) is 11.3 Å². The van der Waals surface area contributed by atoms with Crippen LogP contribution in [0.15, 0.2) is 42.7 Å². The number of carbonyl (C=O) groups is 1. The number of anilines is 1. The monoisotopic (exact) mass is 226 g/mol. The van der Waals surface area contributed by atoms with Crippen molar-refractivity contribution in [1.82, 2.24) is 9.78 Å². The lowest BCUT2D eigenvalue weighted by atomic mass is 10.2. The Morgan fingerprint density at radius 1 is 1.41 bits per heavy atom. The number of hydrogen-bond donors (Lipinski definition) is 1. The molecular formula is C12H10N4O. The minimum atomic E-state index is -0.212. The molecular weight excluding hydrogens is 216 g/mol. The minimum Gasteiger partial charge on any atom is -0.323 e. The molecule has 17 heavy (non-hydrogen) atoms. The summed E-state index contributed by atoms with van der Waals surface area (Å²) in [4.78, 5) is 11.7. The van der Waals surface area contributed by atoms with Crippen molar-refractivity contribution in [2.24, 2.45) is 0 Å². The summed E-state index contributed by atoms with van der Waals surface area (Å²) in [6, 6.07) is 10.6. The van der Waals surface area contributed by atoms with Crippen LogP contribution in [0.4, 0.5) is 5.69 Å². The zero-order valence-electron chi connectivity index (χ0n) is 9.00. The summed E-state index contributed by atoms with van der Waals surface area (Å²) in [5, 5.41) is 15.5. The molecule has 0 aliphatic carbocycles. The van der Waals surface area contributed by atoms with Crippen molar-refractivity contribution >= 4 is 11.6 Å². The van der Waals surface area contributed by atoms with Crippen molar-refractivity contribution in [3.63, 3.8) is 0 Å².